The van der Waals surface area contributed by atoms with E-state index in [0.29, 0.717) is 12.2 Å². The summed E-state index contributed by atoms with van der Waals surface area (Å²) in [5, 5.41) is 3.01. The summed E-state index contributed by atoms with van der Waals surface area (Å²) in [5.41, 5.74) is 6.59. The van der Waals surface area contributed by atoms with Crippen LogP contribution in [0.25, 0.3) is 0 Å². The summed E-state index contributed by atoms with van der Waals surface area (Å²) in [6, 6.07) is 7.48. The van der Waals surface area contributed by atoms with Crippen LogP contribution >= 0.6 is 0 Å². The summed E-state index contributed by atoms with van der Waals surface area (Å²) < 4.78 is 5.53. The highest BCUT2D eigenvalue weighted by Crippen LogP contribution is 2.18. The van der Waals surface area contributed by atoms with Gasteiger partial charge in [-0.1, -0.05) is 13.0 Å². The van der Waals surface area contributed by atoms with E-state index in [9.17, 15) is 4.79 Å². The number of carbonyl (C=O) groups excluding carboxylic acids is 1. The molecule has 4 nitrogen and oxygen atoms in total. The maximum Gasteiger partial charge on any atom is 0.251 e. The first-order chi connectivity index (χ1) is 9.20. The molecule has 0 heterocycles. The molecule has 0 radical (unpaired) electrons. The number of amides is 1. The second-order valence-corrected chi connectivity index (χ2v) is 5.05. The predicted octanol–water partition coefficient (Wildman–Crippen LogP) is 2.08. The molecule has 1 aliphatic carbocycles. The summed E-state index contributed by atoms with van der Waals surface area (Å²) in [5.74, 6) is 0.675. The van der Waals surface area contributed by atoms with E-state index >= 15 is 0 Å². The molecule has 19 heavy (non-hydrogen) atoms. The third kappa shape index (κ3) is 3.70. The van der Waals surface area contributed by atoms with E-state index in [-0.39, 0.29) is 18.0 Å². The van der Waals surface area contributed by atoms with E-state index in [1.807, 2.05) is 12.1 Å². The fraction of sp³-hybridized carbons (Fsp3) is 0.533. The van der Waals surface area contributed by atoms with Crippen LogP contribution in [0, 0.1) is 0 Å². The van der Waals surface area contributed by atoms with E-state index in [1.54, 1.807) is 12.1 Å². The van der Waals surface area contributed by atoms with Crippen LogP contribution in [0.3, 0.4) is 0 Å². The van der Waals surface area contributed by atoms with Crippen LogP contribution < -0.4 is 15.8 Å². The lowest BCUT2D eigenvalue weighted by atomic mass is 10.1. The summed E-state index contributed by atoms with van der Waals surface area (Å²) in [6.45, 7) is 2.72. The lowest BCUT2D eigenvalue weighted by Crippen LogP contribution is -2.43. The van der Waals surface area contributed by atoms with Crippen LogP contribution in [0.2, 0.25) is 0 Å². The highest BCUT2D eigenvalue weighted by Gasteiger charge is 2.25. The summed E-state index contributed by atoms with van der Waals surface area (Å²) in [7, 11) is 0. The molecule has 1 aromatic carbocycles. The maximum absolute atomic E-state index is 12.2. The van der Waals surface area contributed by atoms with Crippen molar-refractivity contribution in [3.63, 3.8) is 0 Å². The summed E-state index contributed by atoms with van der Waals surface area (Å²) in [4.78, 5) is 12.2. The molecule has 104 valence electrons. The van der Waals surface area contributed by atoms with Gasteiger partial charge >= 0.3 is 0 Å². The zero-order chi connectivity index (χ0) is 13.7. The van der Waals surface area contributed by atoms with Crippen molar-refractivity contribution in [2.45, 2.75) is 44.7 Å². The number of carbonyl (C=O) groups is 1. The molecule has 1 aliphatic rings. The number of nitrogens with two attached hydrogens (primary N) is 1. The Bertz CT molecular complexity index is 434. The highest BCUT2D eigenvalue weighted by atomic mass is 16.5. The Labute approximate surface area is 114 Å². The quantitative estimate of drug-likeness (QED) is 0.854. The zero-order valence-corrected chi connectivity index (χ0v) is 11.4. The minimum atomic E-state index is -0.0655. The Morgan fingerprint density at radius 1 is 1.47 bits per heavy atom. The fourth-order valence-electron chi connectivity index (χ4n) is 2.37. The molecule has 2 rings (SSSR count). The monoisotopic (exact) mass is 262 g/mol. The van der Waals surface area contributed by atoms with E-state index in [2.05, 4.69) is 12.2 Å². The molecule has 0 aliphatic heterocycles. The van der Waals surface area contributed by atoms with Gasteiger partial charge in [-0.2, -0.15) is 0 Å². The smallest absolute Gasteiger partial charge is 0.251 e. The first-order valence-corrected chi connectivity index (χ1v) is 7.00. The number of hydrogen-bond donors (Lipinski definition) is 2. The number of ether oxygens (including phenoxy) is 1. The highest BCUT2D eigenvalue weighted by molar-refractivity contribution is 5.94. The van der Waals surface area contributed by atoms with Crippen molar-refractivity contribution in [3.8, 4) is 5.75 Å². The molecule has 1 aromatic rings. The molecular formula is C15H22N2O2. The minimum absolute atomic E-state index is 0.0655. The number of benzene rings is 1. The number of hydrogen-bond acceptors (Lipinski definition) is 3. The summed E-state index contributed by atoms with van der Waals surface area (Å²) in [6.07, 6.45) is 4.00. The Morgan fingerprint density at radius 2 is 2.32 bits per heavy atom. The van der Waals surface area contributed by atoms with Crippen molar-refractivity contribution in [3.05, 3.63) is 29.8 Å². The van der Waals surface area contributed by atoms with Crippen LogP contribution in [0.4, 0.5) is 0 Å². The van der Waals surface area contributed by atoms with Crippen molar-refractivity contribution in [1.82, 2.24) is 5.32 Å². The van der Waals surface area contributed by atoms with Crippen molar-refractivity contribution >= 4 is 5.91 Å². The second kappa shape index (κ2) is 6.57. The van der Waals surface area contributed by atoms with Crippen LogP contribution in [-0.2, 0) is 0 Å². The molecule has 3 N–H and O–H groups in total. The maximum atomic E-state index is 12.2. The first-order valence-electron chi connectivity index (χ1n) is 7.00. The summed E-state index contributed by atoms with van der Waals surface area (Å²) >= 11 is 0. The lowest BCUT2D eigenvalue weighted by Gasteiger charge is -2.17. The predicted molar refractivity (Wildman–Crippen MR) is 75.3 cm³/mol. The van der Waals surface area contributed by atoms with Gasteiger partial charge in [0, 0.05) is 17.6 Å². The second-order valence-electron chi connectivity index (χ2n) is 5.05. The SMILES string of the molecule is CCCOc1cccc(C(=O)NC2CCCC2N)c1. The van der Waals surface area contributed by atoms with Gasteiger partial charge in [0.1, 0.15) is 5.75 Å². The Kier molecular flexibility index (Phi) is 4.80. The molecule has 1 fully saturated rings. The zero-order valence-electron chi connectivity index (χ0n) is 11.4. The molecule has 4 heteroatoms. The Balaban J connectivity index is 1.98. The van der Waals surface area contributed by atoms with Gasteiger partial charge in [-0.25, -0.2) is 0 Å². The van der Waals surface area contributed by atoms with E-state index < -0.39 is 0 Å². The van der Waals surface area contributed by atoms with Gasteiger partial charge < -0.3 is 15.8 Å². The van der Waals surface area contributed by atoms with Gasteiger partial charge in [0.05, 0.1) is 6.61 Å². The average Bonchev–Trinajstić information content (AvgIpc) is 2.82. The minimum Gasteiger partial charge on any atom is -0.494 e. The van der Waals surface area contributed by atoms with Gasteiger partial charge in [0.15, 0.2) is 0 Å². The molecule has 2 atom stereocenters. The largest absolute Gasteiger partial charge is 0.494 e. The van der Waals surface area contributed by atoms with Gasteiger partial charge in [-0.05, 0) is 43.9 Å². The molecular weight excluding hydrogens is 240 g/mol. The van der Waals surface area contributed by atoms with Crippen LogP contribution in [-0.4, -0.2) is 24.6 Å². The molecule has 0 bridgehead atoms. The molecule has 1 amide bonds. The molecule has 1 saturated carbocycles. The molecule has 0 aromatic heterocycles. The normalized spacial score (nSPS) is 22.2. The van der Waals surface area contributed by atoms with Crippen LogP contribution in [0.15, 0.2) is 24.3 Å². The molecule has 0 saturated heterocycles. The number of nitrogens with one attached hydrogen (secondary N) is 1. The Hall–Kier alpha value is -1.55. The van der Waals surface area contributed by atoms with E-state index in [0.717, 1.165) is 31.4 Å². The van der Waals surface area contributed by atoms with Gasteiger partial charge in [0.2, 0.25) is 0 Å². The topological polar surface area (TPSA) is 64.3 Å². The van der Waals surface area contributed by atoms with Gasteiger partial charge in [0.25, 0.3) is 5.91 Å². The van der Waals surface area contributed by atoms with Crippen molar-refractivity contribution < 1.29 is 9.53 Å². The first kappa shape index (κ1) is 13.9. The third-order valence-corrected chi connectivity index (χ3v) is 3.45. The van der Waals surface area contributed by atoms with E-state index in [4.69, 9.17) is 10.5 Å². The van der Waals surface area contributed by atoms with E-state index in [1.165, 1.54) is 0 Å². The Morgan fingerprint density at radius 3 is 3.00 bits per heavy atom. The number of rotatable bonds is 5. The van der Waals surface area contributed by atoms with Crippen LogP contribution in [0.5, 0.6) is 5.75 Å². The van der Waals surface area contributed by atoms with Crippen molar-refractivity contribution in [1.29, 1.82) is 0 Å². The van der Waals surface area contributed by atoms with Crippen molar-refractivity contribution in [2.24, 2.45) is 5.73 Å². The molecule has 2 unspecified atom stereocenters. The van der Waals surface area contributed by atoms with Crippen LogP contribution in [0.1, 0.15) is 43.0 Å². The van der Waals surface area contributed by atoms with Crippen molar-refractivity contribution in [2.75, 3.05) is 6.61 Å². The standard InChI is InChI=1S/C15H22N2O2/c1-2-9-19-12-6-3-5-11(10-12)15(18)17-14-8-4-7-13(14)16/h3,5-6,10,13-14H,2,4,7-9,16H2,1H3,(H,17,18). The lowest BCUT2D eigenvalue weighted by molar-refractivity contribution is 0.0934. The fourth-order valence-corrected chi connectivity index (χ4v) is 2.37. The third-order valence-electron chi connectivity index (χ3n) is 3.45. The van der Waals surface area contributed by atoms with Gasteiger partial charge in [-0.3, -0.25) is 4.79 Å². The molecule has 0 spiro atoms. The average molecular weight is 262 g/mol. The van der Waals surface area contributed by atoms with Gasteiger partial charge in [-0.15, -0.1) is 0 Å².